The molecule has 4 bridgehead atoms. The molecule has 0 saturated heterocycles. The first-order valence-electron chi connectivity index (χ1n) is 10.3. The summed E-state index contributed by atoms with van der Waals surface area (Å²) in [5, 5.41) is 18.0. The number of nitrogens with zero attached hydrogens (tertiary/aromatic N) is 2. The zero-order valence-electron chi connectivity index (χ0n) is 15.4. The highest BCUT2D eigenvalue weighted by Gasteiger charge is 2.61. The average molecular weight is 392 g/mol. The number of anilines is 1. The molecular weight excluding hydrogens is 366 g/mol. The largest absolute Gasteiger partial charge is 0.481 e. The van der Waals surface area contributed by atoms with E-state index < -0.39 is 17.4 Å². The molecule has 146 valence electrons. The molecule has 5 saturated carbocycles. The molecule has 2 unspecified atom stereocenters. The Morgan fingerprint density at radius 1 is 1.22 bits per heavy atom. The zero-order chi connectivity index (χ0) is 18.8. The number of hydrogen-bond donors (Lipinski definition) is 2. The number of halogens is 1. The van der Waals surface area contributed by atoms with Crippen molar-refractivity contribution in [3.05, 3.63) is 21.6 Å². The fourth-order valence-electron chi connectivity index (χ4n) is 6.87. The van der Waals surface area contributed by atoms with Gasteiger partial charge in [0.15, 0.2) is 0 Å². The fourth-order valence-corrected chi connectivity index (χ4v) is 7.06. The van der Waals surface area contributed by atoms with E-state index in [4.69, 9.17) is 11.6 Å². The minimum atomic E-state index is -0.795. The number of aromatic nitrogens is 2. The third-order valence-corrected chi connectivity index (χ3v) is 7.96. The molecule has 5 aliphatic carbocycles. The number of rotatable bonds is 4. The van der Waals surface area contributed by atoms with E-state index in [2.05, 4.69) is 10.4 Å². The standard InChI is InChI=1S/C20H26ClN3O3/c21-17-15(23-14-3-1-2-4-14)10-22-24(18(17)25)20-8-11-5-12(9-20)7-13(6-11)16(20)19(26)27/h10-14,16,23H,1-9H2,(H,26,27)/t11-,12+,13?,16-,20?/m1/s1. The molecule has 6 nitrogen and oxygen atoms in total. The number of carboxylic acids is 1. The first-order valence-corrected chi connectivity index (χ1v) is 10.6. The van der Waals surface area contributed by atoms with Crippen molar-refractivity contribution in [1.29, 1.82) is 0 Å². The van der Waals surface area contributed by atoms with Crippen molar-refractivity contribution in [3.63, 3.8) is 0 Å². The predicted molar refractivity (Wildman–Crippen MR) is 102 cm³/mol. The first kappa shape index (κ1) is 17.5. The molecule has 5 fully saturated rings. The summed E-state index contributed by atoms with van der Waals surface area (Å²) in [4.78, 5) is 25.4. The maximum absolute atomic E-state index is 13.2. The Labute approximate surface area is 163 Å². The van der Waals surface area contributed by atoms with Crippen LogP contribution >= 0.6 is 11.6 Å². The quantitative estimate of drug-likeness (QED) is 0.820. The second kappa shape index (κ2) is 6.23. The maximum atomic E-state index is 13.2. The van der Waals surface area contributed by atoms with Crippen LogP contribution in [0.15, 0.2) is 11.0 Å². The van der Waals surface area contributed by atoms with Crippen LogP contribution in [0, 0.1) is 23.7 Å². The molecule has 1 heterocycles. The van der Waals surface area contributed by atoms with Crippen LogP contribution in [0.3, 0.4) is 0 Å². The van der Waals surface area contributed by atoms with Crippen molar-refractivity contribution in [1.82, 2.24) is 9.78 Å². The van der Waals surface area contributed by atoms with Crippen LogP contribution in [0.25, 0.3) is 0 Å². The Kier molecular flexibility index (Phi) is 4.04. The normalized spacial score (nSPS) is 37.7. The van der Waals surface area contributed by atoms with E-state index in [9.17, 15) is 14.7 Å². The summed E-state index contributed by atoms with van der Waals surface area (Å²) in [6.07, 6.45) is 10.7. The number of nitrogens with one attached hydrogen (secondary N) is 1. The van der Waals surface area contributed by atoms with E-state index in [0.29, 0.717) is 23.6 Å². The van der Waals surface area contributed by atoms with Crippen LogP contribution in [-0.4, -0.2) is 26.9 Å². The van der Waals surface area contributed by atoms with Gasteiger partial charge in [-0.3, -0.25) is 9.59 Å². The number of aliphatic carboxylic acids is 1. The number of hydrogen-bond acceptors (Lipinski definition) is 4. The van der Waals surface area contributed by atoms with Gasteiger partial charge in [0.1, 0.15) is 5.02 Å². The van der Waals surface area contributed by atoms with Crippen molar-refractivity contribution >= 4 is 23.3 Å². The number of carbonyl (C=O) groups is 1. The van der Waals surface area contributed by atoms with Crippen LogP contribution in [0.1, 0.15) is 57.8 Å². The van der Waals surface area contributed by atoms with Crippen molar-refractivity contribution < 1.29 is 9.90 Å². The highest BCUT2D eigenvalue weighted by molar-refractivity contribution is 6.32. The van der Waals surface area contributed by atoms with E-state index in [0.717, 1.165) is 44.9 Å². The van der Waals surface area contributed by atoms with Gasteiger partial charge in [-0.05, 0) is 62.7 Å². The van der Waals surface area contributed by atoms with Crippen LogP contribution in [0.2, 0.25) is 5.02 Å². The van der Waals surface area contributed by atoms with Crippen molar-refractivity contribution in [2.45, 2.75) is 69.4 Å². The van der Waals surface area contributed by atoms with Gasteiger partial charge in [0, 0.05) is 6.04 Å². The molecule has 0 aliphatic heterocycles. The van der Waals surface area contributed by atoms with E-state index in [1.54, 1.807) is 6.20 Å². The lowest BCUT2D eigenvalue weighted by molar-refractivity contribution is -0.168. The van der Waals surface area contributed by atoms with Crippen LogP contribution in [0.5, 0.6) is 0 Å². The van der Waals surface area contributed by atoms with Gasteiger partial charge in [-0.1, -0.05) is 24.4 Å². The molecule has 2 N–H and O–H groups in total. The van der Waals surface area contributed by atoms with E-state index in [-0.39, 0.29) is 16.5 Å². The number of carboxylic acid groups (broad SMARTS) is 1. The Hall–Kier alpha value is -1.56. The molecule has 0 radical (unpaired) electrons. The summed E-state index contributed by atoms with van der Waals surface area (Å²) >= 11 is 6.46. The minimum Gasteiger partial charge on any atom is -0.481 e. The molecule has 6 rings (SSSR count). The van der Waals surface area contributed by atoms with Crippen molar-refractivity contribution in [2.24, 2.45) is 23.7 Å². The van der Waals surface area contributed by atoms with Gasteiger partial charge in [0.25, 0.3) is 5.56 Å². The average Bonchev–Trinajstić information content (AvgIpc) is 3.10. The third-order valence-electron chi connectivity index (χ3n) is 7.60. The van der Waals surface area contributed by atoms with Crippen LogP contribution in [-0.2, 0) is 10.3 Å². The highest BCUT2D eigenvalue weighted by atomic mass is 35.5. The molecule has 1 aromatic heterocycles. The third kappa shape index (κ3) is 2.63. The fraction of sp³-hybridized carbons (Fsp3) is 0.750. The van der Waals surface area contributed by atoms with Gasteiger partial charge in [-0.2, -0.15) is 5.10 Å². The van der Waals surface area contributed by atoms with Gasteiger partial charge >= 0.3 is 5.97 Å². The van der Waals surface area contributed by atoms with E-state index in [1.165, 1.54) is 17.5 Å². The summed E-state index contributed by atoms with van der Waals surface area (Å²) in [6, 6.07) is 0.339. The van der Waals surface area contributed by atoms with Crippen LogP contribution < -0.4 is 10.9 Å². The van der Waals surface area contributed by atoms with Gasteiger partial charge < -0.3 is 10.4 Å². The lowest BCUT2D eigenvalue weighted by atomic mass is 9.48. The van der Waals surface area contributed by atoms with E-state index >= 15 is 0 Å². The molecular formula is C20H26ClN3O3. The topological polar surface area (TPSA) is 84.2 Å². The minimum absolute atomic E-state index is 0.150. The molecule has 0 aromatic carbocycles. The maximum Gasteiger partial charge on any atom is 0.309 e. The SMILES string of the molecule is O=C(O)[C@H]1C2C[C@@H]3C[C@H](C2)CC1(n1ncc(NC2CCCC2)c(Cl)c1=O)C3. The lowest BCUT2D eigenvalue weighted by Gasteiger charge is -2.59. The van der Waals surface area contributed by atoms with E-state index in [1.807, 2.05) is 0 Å². The van der Waals surface area contributed by atoms with Gasteiger partial charge in [-0.25, -0.2) is 4.68 Å². The molecule has 5 atom stereocenters. The Balaban J connectivity index is 1.55. The molecule has 1 aromatic rings. The van der Waals surface area contributed by atoms with Crippen molar-refractivity contribution in [3.8, 4) is 0 Å². The predicted octanol–water partition coefficient (Wildman–Crippen LogP) is 3.49. The summed E-state index contributed by atoms with van der Waals surface area (Å²) in [6.45, 7) is 0. The molecule has 0 amide bonds. The Morgan fingerprint density at radius 3 is 2.52 bits per heavy atom. The second-order valence-corrected chi connectivity index (χ2v) is 9.62. The van der Waals surface area contributed by atoms with Gasteiger partial charge in [0.2, 0.25) is 0 Å². The van der Waals surface area contributed by atoms with Crippen LogP contribution in [0.4, 0.5) is 5.69 Å². The first-order chi connectivity index (χ1) is 13.0. The molecule has 0 spiro atoms. The highest BCUT2D eigenvalue weighted by Crippen LogP contribution is 2.61. The Bertz CT molecular complexity index is 818. The molecule has 7 heteroatoms. The Morgan fingerprint density at radius 2 is 1.89 bits per heavy atom. The zero-order valence-corrected chi connectivity index (χ0v) is 16.1. The smallest absolute Gasteiger partial charge is 0.309 e. The molecule has 5 aliphatic rings. The summed E-state index contributed by atoms with van der Waals surface area (Å²) in [5.74, 6) is -0.182. The van der Waals surface area contributed by atoms with Gasteiger partial charge in [0.05, 0.1) is 23.3 Å². The molecule has 27 heavy (non-hydrogen) atoms. The monoisotopic (exact) mass is 391 g/mol. The van der Waals surface area contributed by atoms with Crippen molar-refractivity contribution in [2.75, 3.05) is 5.32 Å². The summed E-state index contributed by atoms with van der Waals surface area (Å²) in [7, 11) is 0. The second-order valence-electron chi connectivity index (χ2n) is 9.24. The van der Waals surface area contributed by atoms with Gasteiger partial charge in [-0.15, -0.1) is 0 Å². The summed E-state index contributed by atoms with van der Waals surface area (Å²) in [5.41, 5.74) is -0.470. The lowest BCUT2D eigenvalue weighted by Crippen LogP contribution is -2.63. The summed E-state index contributed by atoms with van der Waals surface area (Å²) < 4.78 is 1.46.